The van der Waals surface area contributed by atoms with E-state index in [1.54, 1.807) is 0 Å². The minimum Gasteiger partial charge on any atom is -0.278 e. The highest BCUT2D eigenvalue weighted by Gasteiger charge is 2.44. The lowest BCUT2D eigenvalue weighted by Crippen LogP contribution is -2.34. The topological polar surface area (TPSA) is 30.7 Å². The van der Waals surface area contributed by atoms with E-state index in [0.29, 0.717) is 5.95 Å². The van der Waals surface area contributed by atoms with Gasteiger partial charge in [-0.3, -0.25) is 4.57 Å². The first-order chi connectivity index (χ1) is 24.7. The van der Waals surface area contributed by atoms with E-state index in [4.69, 9.17) is 9.97 Å². The molecular weight excluding hydrogens is 607 g/mol. The maximum Gasteiger partial charge on any atom is 0.235 e. The average Bonchev–Trinajstić information content (AvgIpc) is 3.51. The van der Waals surface area contributed by atoms with E-state index in [0.717, 1.165) is 28.0 Å². The van der Waals surface area contributed by atoms with E-state index < -0.39 is 0 Å². The van der Waals surface area contributed by atoms with Crippen LogP contribution in [0.4, 0.5) is 0 Å². The molecule has 0 saturated heterocycles. The molecule has 0 bridgehead atoms. The molecule has 2 unspecified atom stereocenters. The maximum absolute atomic E-state index is 5.57. The third kappa shape index (κ3) is 4.30. The third-order valence-corrected chi connectivity index (χ3v) is 10.7. The summed E-state index contributed by atoms with van der Waals surface area (Å²) in [6.07, 6.45) is 9.04. The second kappa shape index (κ2) is 11.1. The molecule has 0 N–H and O–H groups in total. The molecule has 2 aliphatic rings. The largest absolute Gasteiger partial charge is 0.278 e. The predicted molar refractivity (Wildman–Crippen MR) is 206 cm³/mol. The zero-order chi connectivity index (χ0) is 33.2. The van der Waals surface area contributed by atoms with E-state index in [1.807, 2.05) is 0 Å². The summed E-state index contributed by atoms with van der Waals surface area (Å²) in [6, 6.07) is 54.2. The van der Waals surface area contributed by atoms with E-state index >= 15 is 0 Å². The lowest BCUT2D eigenvalue weighted by molar-refractivity contribution is 0.515. The van der Waals surface area contributed by atoms with Crippen molar-refractivity contribution in [3.8, 4) is 50.7 Å². The van der Waals surface area contributed by atoms with Gasteiger partial charge in [0.2, 0.25) is 5.95 Å². The molecule has 0 saturated carbocycles. The molecule has 0 amide bonds. The Bertz CT molecular complexity index is 2540. The summed E-state index contributed by atoms with van der Waals surface area (Å²) in [5, 5.41) is 2.35. The normalized spacial score (nSPS) is 17.4. The molecule has 6 aromatic carbocycles. The number of rotatable bonds is 4. The Balaban J connectivity index is 1.30. The molecule has 0 fully saturated rings. The second-order valence-corrected chi connectivity index (χ2v) is 13.6. The average molecular weight is 640 g/mol. The van der Waals surface area contributed by atoms with Crippen LogP contribution in [0, 0.1) is 0 Å². The fourth-order valence-electron chi connectivity index (χ4n) is 8.30. The smallest absolute Gasteiger partial charge is 0.235 e. The van der Waals surface area contributed by atoms with Gasteiger partial charge in [0.1, 0.15) is 0 Å². The minimum absolute atomic E-state index is 0.189. The quantitative estimate of drug-likeness (QED) is 0.192. The van der Waals surface area contributed by atoms with Gasteiger partial charge in [-0.2, -0.15) is 0 Å². The van der Waals surface area contributed by atoms with Crippen LogP contribution in [0.3, 0.4) is 0 Å². The van der Waals surface area contributed by atoms with E-state index in [2.05, 4.69) is 187 Å². The van der Waals surface area contributed by atoms with Crippen LogP contribution in [0.1, 0.15) is 24.0 Å². The summed E-state index contributed by atoms with van der Waals surface area (Å²) >= 11 is 0. The number of fused-ring (bicyclic) bond motifs is 9. The SMILES string of the molecule is CC12C=CC=CC1c1ccccc1-c1nc(-n3c4ccc(-c5ccccc5)cc4c4cc(-c5ccccc5)ccc43)nc(-c3ccccc3)c12. The Kier molecular flexibility index (Phi) is 6.37. The Morgan fingerprint density at radius 3 is 1.68 bits per heavy atom. The first kappa shape index (κ1) is 28.7. The van der Waals surface area contributed by atoms with Crippen molar-refractivity contribution >= 4 is 21.8 Å². The number of nitrogens with zero attached hydrogens (tertiary/aromatic N) is 3. The minimum atomic E-state index is -0.307. The van der Waals surface area contributed by atoms with E-state index in [1.165, 1.54) is 49.7 Å². The summed E-state index contributed by atoms with van der Waals surface area (Å²) in [4.78, 5) is 11.1. The van der Waals surface area contributed by atoms with Crippen molar-refractivity contribution in [3.05, 3.63) is 187 Å². The van der Waals surface area contributed by atoms with Gasteiger partial charge in [-0.15, -0.1) is 0 Å². The molecule has 50 heavy (non-hydrogen) atoms. The molecular formula is C47H33N3. The molecule has 2 aromatic heterocycles. The van der Waals surface area contributed by atoms with Gasteiger partial charge >= 0.3 is 0 Å². The van der Waals surface area contributed by atoms with Gasteiger partial charge in [0.05, 0.1) is 22.4 Å². The van der Waals surface area contributed by atoms with Gasteiger partial charge in [-0.1, -0.05) is 159 Å². The van der Waals surface area contributed by atoms with Crippen LogP contribution in [0.15, 0.2) is 176 Å². The number of benzene rings is 6. The van der Waals surface area contributed by atoms with Crippen molar-refractivity contribution < 1.29 is 0 Å². The van der Waals surface area contributed by atoms with Crippen LogP contribution < -0.4 is 0 Å². The number of hydrogen-bond donors (Lipinski definition) is 0. The third-order valence-electron chi connectivity index (χ3n) is 10.7. The van der Waals surface area contributed by atoms with Crippen molar-refractivity contribution in [1.82, 2.24) is 14.5 Å². The lowest BCUT2D eigenvalue weighted by atomic mass is 9.61. The molecule has 2 aliphatic carbocycles. The fourth-order valence-corrected chi connectivity index (χ4v) is 8.30. The number of allylic oxidation sites excluding steroid dienone is 4. The van der Waals surface area contributed by atoms with Crippen molar-refractivity contribution in [2.45, 2.75) is 18.3 Å². The van der Waals surface area contributed by atoms with E-state index in [-0.39, 0.29) is 11.3 Å². The maximum atomic E-state index is 5.57. The summed E-state index contributed by atoms with van der Waals surface area (Å²) in [6.45, 7) is 2.35. The van der Waals surface area contributed by atoms with Crippen LogP contribution in [-0.4, -0.2) is 14.5 Å². The highest BCUT2D eigenvalue weighted by Crippen LogP contribution is 2.55. The summed E-state index contributed by atoms with van der Waals surface area (Å²) < 4.78 is 2.27. The van der Waals surface area contributed by atoms with E-state index in [9.17, 15) is 0 Å². The van der Waals surface area contributed by atoms with Crippen LogP contribution in [0.2, 0.25) is 0 Å². The zero-order valence-electron chi connectivity index (χ0n) is 27.7. The van der Waals surface area contributed by atoms with Crippen LogP contribution in [0.5, 0.6) is 0 Å². The number of hydrogen-bond acceptors (Lipinski definition) is 2. The summed E-state index contributed by atoms with van der Waals surface area (Å²) in [7, 11) is 0. The molecule has 0 radical (unpaired) electrons. The van der Waals surface area contributed by atoms with Gasteiger partial charge < -0.3 is 0 Å². The Hall–Kier alpha value is -6.32. The Morgan fingerprint density at radius 2 is 1.06 bits per heavy atom. The second-order valence-electron chi connectivity index (χ2n) is 13.6. The molecule has 2 atom stereocenters. The Morgan fingerprint density at radius 1 is 0.520 bits per heavy atom. The van der Waals surface area contributed by atoms with Crippen molar-refractivity contribution in [1.29, 1.82) is 0 Å². The van der Waals surface area contributed by atoms with Crippen molar-refractivity contribution in [2.75, 3.05) is 0 Å². The summed E-state index contributed by atoms with van der Waals surface area (Å²) in [5.41, 5.74) is 13.3. The molecule has 0 spiro atoms. The standard InChI is InChI=1S/C47H33N3/c1-47-28-14-13-23-40(47)36-21-11-12-22-37(36)45-43(47)44(33-19-9-4-10-20-33)48-46(49-45)50-41-26-24-34(31-15-5-2-6-16-31)29-38(41)39-30-35(25-27-42(39)50)32-17-7-3-8-18-32/h2-30,40H,1H3. The lowest BCUT2D eigenvalue weighted by Gasteiger charge is -2.42. The fraction of sp³-hybridized carbons (Fsp3) is 0.0638. The van der Waals surface area contributed by atoms with Gasteiger partial charge in [0.25, 0.3) is 0 Å². The van der Waals surface area contributed by atoms with Crippen molar-refractivity contribution in [2.24, 2.45) is 0 Å². The first-order valence-electron chi connectivity index (χ1n) is 17.3. The monoisotopic (exact) mass is 639 g/mol. The van der Waals surface area contributed by atoms with Crippen LogP contribution in [0.25, 0.3) is 72.5 Å². The van der Waals surface area contributed by atoms with Gasteiger partial charge in [0.15, 0.2) is 0 Å². The molecule has 3 heteroatoms. The molecule has 2 heterocycles. The predicted octanol–water partition coefficient (Wildman–Crippen LogP) is 11.7. The van der Waals surface area contributed by atoms with Gasteiger partial charge in [-0.05, 0) is 52.1 Å². The molecule has 3 nitrogen and oxygen atoms in total. The zero-order valence-corrected chi connectivity index (χ0v) is 27.7. The highest BCUT2D eigenvalue weighted by molar-refractivity contribution is 6.11. The number of aromatic nitrogens is 3. The van der Waals surface area contributed by atoms with Gasteiger partial charge in [0, 0.05) is 38.8 Å². The first-order valence-corrected chi connectivity index (χ1v) is 17.3. The summed E-state index contributed by atoms with van der Waals surface area (Å²) in [5.74, 6) is 0.865. The molecule has 8 aromatic rings. The molecule has 0 aliphatic heterocycles. The molecule has 10 rings (SSSR count). The van der Waals surface area contributed by atoms with Crippen LogP contribution in [-0.2, 0) is 5.41 Å². The Labute approximate surface area is 291 Å². The van der Waals surface area contributed by atoms with Crippen molar-refractivity contribution in [3.63, 3.8) is 0 Å². The highest BCUT2D eigenvalue weighted by atomic mass is 15.2. The van der Waals surface area contributed by atoms with Gasteiger partial charge in [-0.25, -0.2) is 9.97 Å². The van der Waals surface area contributed by atoms with Crippen LogP contribution >= 0.6 is 0 Å². The molecule has 236 valence electrons.